The number of hydrogen-bond acceptors (Lipinski definition) is 4. The summed E-state index contributed by atoms with van der Waals surface area (Å²) in [5.41, 5.74) is 3.92. The molecule has 2 N–H and O–H groups in total. The first-order chi connectivity index (χ1) is 13.1. The van der Waals surface area contributed by atoms with Gasteiger partial charge in [-0.05, 0) is 56.7 Å². The number of carbonyl (C=O) groups excluding carboxylic acids is 2. The van der Waals surface area contributed by atoms with Crippen LogP contribution in [0.3, 0.4) is 0 Å². The summed E-state index contributed by atoms with van der Waals surface area (Å²) in [6.45, 7) is 3.46. The van der Waals surface area contributed by atoms with Gasteiger partial charge in [0, 0.05) is 48.0 Å². The maximum absolute atomic E-state index is 13.4. The minimum Gasteiger partial charge on any atom is -0.508 e. The molecule has 1 aromatic carbocycles. The molecule has 1 saturated heterocycles. The van der Waals surface area contributed by atoms with Crippen molar-refractivity contribution in [1.29, 1.82) is 0 Å². The lowest BCUT2D eigenvalue weighted by atomic mass is 9.74. The van der Waals surface area contributed by atoms with Crippen LogP contribution in [0.2, 0.25) is 0 Å². The number of Topliss-reactive ketones (excluding diaryl/α,β-unsaturated/α-hetero) is 1. The lowest BCUT2D eigenvalue weighted by molar-refractivity contribution is -0.128. The smallest absolute Gasteiger partial charge is 0.252 e. The van der Waals surface area contributed by atoms with Gasteiger partial charge in [-0.3, -0.25) is 9.59 Å². The van der Waals surface area contributed by atoms with Crippen LogP contribution in [0.4, 0.5) is 0 Å². The van der Waals surface area contributed by atoms with Crippen molar-refractivity contribution in [3.63, 3.8) is 0 Å². The fraction of sp³-hybridized carbons (Fsp3) is 0.455. The van der Waals surface area contributed by atoms with E-state index in [0.717, 1.165) is 62.2 Å². The molecule has 4 rings (SSSR count). The Balaban J connectivity index is 1.82. The molecule has 1 amide bonds. The highest BCUT2D eigenvalue weighted by molar-refractivity contribution is 6.05. The molecule has 2 heterocycles. The SMILES string of the molecule is CC1=C(C(=O)N2CCCCC2)[C@H](c2cccc(O)c2)C2=C(CCCC2=O)N1. The van der Waals surface area contributed by atoms with Gasteiger partial charge in [0.2, 0.25) is 0 Å². The van der Waals surface area contributed by atoms with E-state index in [4.69, 9.17) is 0 Å². The number of rotatable bonds is 2. The molecule has 1 aromatic rings. The Kier molecular flexibility index (Phi) is 4.77. The van der Waals surface area contributed by atoms with Gasteiger partial charge in [0.25, 0.3) is 5.91 Å². The van der Waals surface area contributed by atoms with Gasteiger partial charge in [0.05, 0.1) is 0 Å². The summed E-state index contributed by atoms with van der Waals surface area (Å²) in [6.07, 6.45) is 5.37. The van der Waals surface area contributed by atoms with E-state index >= 15 is 0 Å². The van der Waals surface area contributed by atoms with Crippen molar-refractivity contribution in [2.75, 3.05) is 13.1 Å². The summed E-state index contributed by atoms with van der Waals surface area (Å²) in [4.78, 5) is 28.2. The number of likely N-dealkylation sites (tertiary alicyclic amines) is 1. The van der Waals surface area contributed by atoms with Crippen LogP contribution in [0.15, 0.2) is 46.8 Å². The van der Waals surface area contributed by atoms with Crippen LogP contribution in [-0.2, 0) is 9.59 Å². The third-order valence-electron chi connectivity index (χ3n) is 5.85. The lowest BCUT2D eigenvalue weighted by Gasteiger charge is -2.37. The molecule has 0 radical (unpaired) electrons. The number of dihydropyridines is 1. The Hall–Kier alpha value is -2.56. The van der Waals surface area contributed by atoms with Crippen molar-refractivity contribution in [3.05, 3.63) is 52.4 Å². The van der Waals surface area contributed by atoms with Gasteiger partial charge in [-0.2, -0.15) is 0 Å². The number of ketones is 1. The molecule has 0 saturated carbocycles. The third-order valence-corrected chi connectivity index (χ3v) is 5.85. The van der Waals surface area contributed by atoms with E-state index in [1.54, 1.807) is 18.2 Å². The minimum absolute atomic E-state index is 0.0120. The molecule has 0 bridgehead atoms. The van der Waals surface area contributed by atoms with Gasteiger partial charge in [-0.15, -0.1) is 0 Å². The Morgan fingerprint density at radius 3 is 2.67 bits per heavy atom. The number of piperidine rings is 1. The van der Waals surface area contributed by atoms with E-state index in [1.807, 2.05) is 17.9 Å². The number of phenolic OH excluding ortho intramolecular Hbond substituents is 1. The second kappa shape index (κ2) is 7.22. The Bertz CT molecular complexity index is 847. The molecule has 0 unspecified atom stereocenters. The number of phenols is 1. The Morgan fingerprint density at radius 1 is 1.15 bits per heavy atom. The van der Waals surface area contributed by atoms with Gasteiger partial charge < -0.3 is 15.3 Å². The van der Waals surface area contributed by atoms with Crippen LogP contribution in [0.5, 0.6) is 5.75 Å². The highest BCUT2D eigenvalue weighted by Crippen LogP contribution is 2.43. The van der Waals surface area contributed by atoms with Crippen molar-refractivity contribution in [2.24, 2.45) is 0 Å². The molecule has 2 aliphatic heterocycles. The first-order valence-corrected chi connectivity index (χ1v) is 9.88. The number of nitrogens with zero attached hydrogens (tertiary/aromatic N) is 1. The number of benzene rings is 1. The first kappa shape index (κ1) is 17.8. The van der Waals surface area contributed by atoms with E-state index in [0.29, 0.717) is 17.6 Å². The van der Waals surface area contributed by atoms with Crippen molar-refractivity contribution < 1.29 is 14.7 Å². The van der Waals surface area contributed by atoms with Crippen molar-refractivity contribution in [1.82, 2.24) is 10.2 Å². The number of amides is 1. The zero-order valence-electron chi connectivity index (χ0n) is 15.8. The van der Waals surface area contributed by atoms with Gasteiger partial charge in [-0.1, -0.05) is 12.1 Å². The summed E-state index contributed by atoms with van der Waals surface area (Å²) in [7, 11) is 0. The van der Waals surface area contributed by atoms with E-state index in [9.17, 15) is 14.7 Å². The van der Waals surface area contributed by atoms with Crippen LogP contribution < -0.4 is 5.32 Å². The van der Waals surface area contributed by atoms with Crippen molar-refractivity contribution in [3.8, 4) is 5.75 Å². The molecule has 5 heteroatoms. The standard InChI is InChI=1S/C22H26N2O3/c1-14-19(22(27)24-11-3-2-4-12-24)20(15-7-5-8-16(25)13-15)21-17(23-14)9-6-10-18(21)26/h5,7-8,13,20,23,25H,2-4,6,9-12H2,1H3/t20-/m0/s1. The van der Waals surface area contributed by atoms with E-state index in [-0.39, 0.29) is 17.4 Å². The van der Waals surface area contributed by atoms with Gasteiger partial charge in [0.15, 0.2) is 5.78 Å². The molecule has 27 heavy (non-hydrogen) atoms. The summed E-state index contributed by atoms with van der Waals surface area (Å²) < 4.78 is 0. The molecular weight excluding hydrogens is 340 g/mol. The highest BCUT2D eigenvalue weighted by atomic mass is 16.3. The maximum Gasteiger partial charge on any atom is 0.252 e. The molecule has 5 nitrogen and oxygen atoms in total. The fourth-order valence-corrected chi connectivity index (χ4v) is 4.57. The average Bonchev–Trinajstić information content (AvgIpc) is 2.67. The molecule has 142 valence electrons. The monoisotopic (exact) mass is 366 g/mol. The summed E-state index contributed by atoms with van der Waals surface area (Å²) in [6, 6.07) is 6.97. The summed E-state index contributed by atoms with van der Waals surface area (Å²) in [5, 5.41) is 13.4. The number of carbonyl (C=O) groups is 2. The van der Waals surface area contributed by atoms with Crippen LogP contribution in [-0.4, -0.2) is 34.8 Å². The fourth-order valence-electron chi connectivity index (χ4n) is 4.57. The van der Waals surface area contributed by atoms with Crippen LogP contribution in [0.25, 0.3) is 0 Å². The Morgan fingerprint density at radius 2 is 1.93 bits per heavy atom. The van der Waals surface area contributed by atoms with Crippen molar-refractivity contribution in [2.45, 2.75) is 51.4 Å². The zero-order valence-corrected chi connectivity index (χ0v) is 15.8. The van der Waals surface area contributed by atoms with Gasteiger partial charge in [0.1, 0.15) is 5.75 Å². The van der Waals surface area contributed by atoms with Crippen LogP contribution >= 0.6 is 0 Å². The van der Waals surface area contributed by atoms with Gasteiger partial charge in [-0.25, -0.2) is 0 Å². The topological polar surface area (TPSA) is 69.6 Å². The normalized spacial score (nSPS) is 23.2. The van der Waals surface area contributed by atoms with Crippen molar-refractivity contribution >= 4 is 11.7 Å². The summed E-state index contributed by atoms with van der Waals surface area (Å²) >= 11 is 0. The quantitative estimate of drug-likeness (QED) is 0.842. The third kappa shape index (κ3) is 3.27. The van der Waals surface area contributed by atoms with E-state index < -0.39 is 5.92 Å². The predicted molar refractivity (Wildman–Crippen MR) is 103 cm³/mol. The number of hydrogen-bond donors (Lipinski definition) is 2. The molecule has 3 aliphatic rings. The van der Waals surface area contributed by atoms with Crippen LogP contribution in [0.1, 0.15) is 56.9 Å². The summed E-state index contributed by atoms with van der Waals surface area (Å²) in [5.74, 6) is -0.138. The predicted octanol–water partition coefficient (Wildman–Crippen LogP) is 3.37. The maximum atomic E-state index is 13.4. The van der Waals surface area contributed by atoms with Crippen LogP contribution in [0, 0.1) is 0 Å². The average molecular weight is 366 g/mol. The molecule has 1 fully saturated rings. The second-order valence-electron chi connectivity index (χ2n) is 7.71. The minimum atomic E-state index is -0.407. The number of nitrogens with one attached hydrogen (secondary N) is 1. The second-order valence-corrected chi connectivity index (χ2v) is 7.71. The molecule has 1 atom stereocenters. The highest BCUT2D eigenvalue weighted by Gasteiger charge is 2.39. The largest absolute Gasteiger partial charge is 0.508 e. The number of allylic oxidation sites excluding steroid dienone is 3. The first-order valence-electron chi connectivity index (χ1n) is 9.88. The molecule has 0 spiro atoms. The van der Waals surface area contributed by atoms with Gasteiger partial charge >= 0.3 is 0 Å². The lowest BCUT2D eigenvalue weighted by Crippen LogP contribution is -2.42. The van der Waals surface area contributed by atoms with E-state index in [2.05, 4.69) is 5.32 Å². The Labute approximate surface area is 159 Å². The zero-order chi connectivity index (χ0) is 19.0. The molecule has 1 aliphatic carbocycles. The van der Waals surface area contributed by atoms with E-state index in [1.165, 1.54) is 0 Å². The molecule has 0 aromatic heterocycles. The molecular formula is C22H26N2O3. The number of aromatic hydroxyl groups is 1.